The SMILES string of the molecule is Cc1nc(-c2ccc(C(=O)NCC3CCCO3)o2)cs1. The van der Waals surface area contributed by atoms with Gasteiger partial charge >= 0.3 is 0 Å². The van der Waals surface area contributed by atoms with Crippen LogP contribution in [0.15, 0.2) is 21.9 Å². The molecular formula is C14H16N2O3S. The minimum absolute atomic E-state index is 0.134. The van der Waals surface area contributed by atoms with Crippen LogP contribution in [-0.2, 0) is 4.74 Å². The number of carbonyl (C=O) groups is 1. The van der Waals surface area contributed by atoms with E-state index in [1.54, 1.807) is 23.5 Å². The number of nitrogens with zero attached hydrogens (tertiary/aromatic N) is 1. The summed E-state index contributed by atoms with van der Waals surface area (Å²) in [6.07, 6.45) is 2.20. The maximum atomic E-state index is 12.0. The zero-order valence-electron chi connectivity index (χ0n) is 11.2. The Morgan fingerprint density at radius 2 is 2.45 bits per heavy atom. The molecule has 1 saturated heterocycles. The highest BCUT2D eigenvalue weighted by Gasteiger charge is 2.18. The molecule has 0 radical (unpaired) electrons. The summed E-state index contributed by atoms with van der Waals surface area (Å²) in [7, 11) is 0. The van der Waals surface area contributed by atoms with Gasteiger partial charge in [-0.1, -0.05) is 0 Å². The number of aryl methyl sites for hydroxylation is 1. The summed E-state index contributed by atoms with van der Waals surface area (Å²) in [4.78, 5) is 16.3. The Kier molecular flexibility index (Phi) is 3.84. The molecule has 0 aromatic carbocycles. The average Bonchev–Trinajstić information content (AvgIpc) is 3.16. The van der Waals surface area contributed by atoms with Crippen LogP contribution in [0.1, 0.15) is 28.4 Å². The molecule has 0 spiro atoms. The molecule has 0 aliphatic carbocycles. The van der Waals surface area contributed by atoms with Crippen LogP contribution in [0.25, 0.3) is 11.5 Å². The second-order valence-electron chi connectivity index (χ2n) is 4.76. The minimum Gasteiger partial charge on any atom is -0.449 e. The van der Waals surface area contributed by atoms with E-state index >= 15 is 0 Å². The number of hydrogen-bond acceptors (Lipinski definition) is 5. The molecule has 1 amide bonds. The molecular weight excluding hydrogens is 276 g/mol. The van der Waals surface area contributed by atoms with Gasteiger partial charge in [0, 0.05) is 18.5 Å². The lowest BCUT2D eigenvalue weighted by Crippen LogP contribution is -2.31. The Morgan fingerprint density at radius 1 is 1.55 bits per heavy atom. The van der Waals surface area contributed by atoms with Crippen LogP contribution in [-0.4, -0.2) is 30.1 Å². The summed E-state index contributed by atoms with van der Waals surface area (Å²) in [5.74, 6) is 0.721. The predicted molar refractivity (Wildman–Crippen MR) is 75.9 cm³/mol. The van der Waals surface area contributed by atoms with Crippen molar-refractivity contribution in [2.75, 3.05) is 13.2 Å². The molecule has 1 atom stereocenters. The van der Waals surface area contributed by atoms with Crippen LogP contribution in [0, 0.1) is 6.92 Å². The van der Waals surface area contributed by atoms with Gasteiger partial charge in [0.25, 0.3) is 5.91 Å². The molecule has 1 N–H and O–H groups in total. The molecule has 3 heterocycles. The number of hydrogen-bond donors (Lipinski definition) is 1. The number of furan rings is 1. The van der Waals surface area contributed by atoms with Crippen molar-refractivity contribution < 1.29 is 13.9 Å². The van der Waals surface area contributed by atoms with Crippen LogP contribution in [0.4, 0.5) is 0 Å². The van der Waals surface area contributed by atoms with E-state index in [-0.39, 0.29) is 12.0 Å². The Morgan fingerprint density at radius 3 is 3.15 bits per heavy atom. The summed E-state index contributed by atoms with van der Waals surface area (Å²) < 4.78 is 11.0. The molecule has 1 fully saturated rings. The smallest absolute Gasteiger partial charge is 0.287 e. The van der Waals surface area contributed by atoms with Crippen LogP contribution < -0.4 is 5.32 Å². The maximum Gasteiger partial charge on any atom is 0.287 e. The monoisotopic (exact) mass is 292 g/mol. The highest BCUT2D eigenvalue weighted by molar-refractivity contribution is 7.09. The summed E-state index contributed by atoms with van der Waals surface area (Å²) in [6.45, 7) is 3.26. The number of thiazole rings is 1. The lowest BCUT2D eigenvalue weighted by Gasteiger charge is -2.09. The Balaban J connectivity index is 1.62. The van der Waals surface area contributed by atoms with Crippen molar-refractivity contribution >= 4 is 17.2 Å². The van der Waals surface area contributed by atoms with Gasteiger partial charge in [0.05, 0.1) is 11.1 Å². The molecule has 20 heavy (non-hydrogen) atoms. The fourth-order valence-electron chi connectivity index (χ4n) is 2.17. The van der Waals surface area contributed by atoms with Gasteiger partial charge in [0.15, 0.2) is 11.5 Å². The molecule has 0 saturated carbocycles. The second-order valence-corrected chi connectivity index (χ2v) is 5.82. The third-order valence-corrected chi connectivity index (χ3v) is 3.99. The van der Waals surface area contributed by atoms with Gasteiger partial charge in [-0.05, 0) is 31.9 Å². The van der Waals surface area contributed by atoms with Gasteiger partial charge in [-0.25, -0.2) is 4.98 Å². The summed E-state index contributed by atoms with van der Waals surface area (Å²) in [5, 5.41) is 5.73. The first kappa shape index (κ1) is 13.3. The Bertz CT molecular complexity index is 599. The fourth-order valence-corrected chi connectivity index (χ4v) is 2.78. The first-order valence-electron chi connectivity index (χ1n) is 6.64. The van der Waals surface area contributed by atoms with E-state index in [1.165, 1.54) is 0 Å². The molecule has 2 aromatic heterocycles. The zero-order chi connectivity index (χ0) is 13.9. The normalized spacial score (nSPS) is 18.4. The zero-order valence-corrected chi connectivity index (χ0v) is 12.0. The number of ether oxygens (including phenoxy) is 1. The van der Waals surface area contributed by atoms with Crippen molar-refractivity contribution in [3.05, 3.63) is 28.3 Å². The van der Waals surface area contributed by atoms with Crippen molar-refractivity contribution in [1.82, 2.24) is 10.3 Å². The van der Waals surface area contributed by atoms with Crippen LogP contribution in [0.3, 0.4) is 0 Å². The topological polar surface area (TPSA) is 64.4 Å². The van der Waals surface area contributed by atoms with E-state index in [2.05, 4.69) is 10.3 Å². The van der Waals surface area contributed by atoms with Gasteiger partial charge < -0.3 is 14.5 Å². The predicted octanol–water partition coefficient (Wildman–Crippen LogP) is 2.62. The number of nitrogens with one attached hydrogen (secondary N) is 1. The maximum absolute atomic E-state index is 12.0. The van der Waals surface area contributed by atoms with Crippen molar-refractivity contribution in [2.24, 2.45) is 0 Å². The van der Waals surface area contributed by atoms with Crippen molar-refractivity contribution in [3.63, 3.8) is 0 Å². The third kappa shape index (κ3) is 2.91. The first-order valence-corrected chi connectivity index (χ1v) is 7.52. The van der Waals surface area contributed by atoms with E-state index < -0.39 is 0 Å². The molecule has 6 heteroatoms. The van der Waals surface area contributed by atoms with Crippen molar-refractivity contribution in [3.8, 4) is 11.5 Å². The minimum atomic E-state index is -0.210. The molecule has 1 unspecified atom stereocenters. The van der Waals surface area contributed by atoms with E-state index in [4.69, 9.17) is 9.15 Å². The van der Waals surface area contributed by atoms with Crippen LogP contribution in [0.5, 0.6) is 0 Å². The van der Waals surface area contributed by atoms with E-state index in [0.29, 0.717) is 18.1 Å². The summed E-state index contributed by atoms with van der Waals surface area (Å²) in [5.41, 5.74) is 0.769. The lowest BCUT2D eigenvalue weighted by atomic mass is 10.2. The van der Waals surface area contributed by atoms with Gasteiger partial charge in [-0.3, -0.25) is 4.79 Å². The summed E-state index contributed by atoms with van der Waals surface area (Å²) >= 11 is 1.56. The first-order chi connectivity index (χ1) is 9.72. The largest absolute Gasteiger partial charge is 0.449 e. The van der Waals surface area contributed by atoms with Crippen LogP contribution in [0.2, 0.25) is 0 Å². The number of amides is 1. The average molecular weight is 292 g/mol. The standard InChI is InChI=1S/C14H16N2O3S/c1-9-16-11(8-20-9)12-4-5-13(19-12)14(17)15-7-10-3-2-6-18-10/h4-5,8,10H,2-3,6-7H2,1H3,(H,15,17). The fraction of sp³-hybridized carbons (Fsp3) is 0.429. The second kappa shape index (κ2) is 5.76. The number of rotatable bonds is 4. The quantitative estimate of drug-likeness (QED) is 0.941. The van der Waals surface area contributed by atoms with Crippen molar-refractivity contribution in [2.45, 2.75) is 25.9 Å². The molecule has 1 aliphatic heterocycles. The summed E-state index contributed by atoms with van der Waals surface area (Å²) in [6, 6.07) is 3.45. The highest BCUT2D eigenvalue weighted by Crippen LogP contribution is 2.23. The number of aromatic nitrogens is 1. The Hall–Kier alpha value is -1.66. The molecule has 1 aliphatic rings. The lowest BCUT2D eigenvalue weighted by molar-refractivity contribution is 0.0836. The van der Waals surface area contributed by atoms with Gasteiger partial charge in [0.2, 0.25) is 0 Å². The molecule has 3 rings (SSSR count). The molecule has 5 nitrogen and oxygen atoms in total. The molecule has 106 valence electrons. The van der Waals surface area contributed by atoms with E-state index in [1.807, 2.05) is 12.3 Å². The van der Waals surface area contributed by atoms with Crippen LogP contribution >= 0.6 is 11.3 Å². The third-order valence-electron chi connectivity index (χ3n) is 3.22. The molecule has 2 aromatic rings. The van der Waals surface area contributed by atoms with E-state index in [9.17, 15) is 4.79 Å². The Labute approximate surface area is 121 Å². The highest BCUT2D eigenvalue weighted by atomic mass is 32.1. The van der Waals surface area contributed by atoms with E-state index in [0.717, 1.165) is 30.2 Å². The van der Waals surface area contributed by atoms with Gasteiger partial charge in [-0.2, -0.15) is 0 Å². The molecule has 0 bridgehead atoms. The van der Waals surface area contributed by atoms with Gasteiger partial charge in [0.1, 0.15) is 5.69 Å². The van der Waals surface area contributed by atoms with Crippen molar-refractivity contribution in [1.29, 1.82) is 0 Å². The number of carbonyl (C=O) groups excluding carboxylic acids is 1. The van der Waals surface area contributed by atoms with Gasteiger partial charge in [-0.15, -0.1) is 11.3 Å².